The molecule has 5 nitrogen and oxygen atoms in total. The molecular weight excluding hydrogens is 292 g/mol. The van der Waals surface area contributed by atoms with Gasteiger partial charge in [0.15, 0.2) is 0 Å². The summed E-state index contributed by atoms with van der Waals surface area (Å²) in [7, 11) is 0. The standard InChI is InChI=1S/C18H22N2O3/c1-4-22-14-8-9-17(16(19)11-14)20-18(21)13-6-5-7-15(10-13)23-12(2)3/h5-12H,4,19H2,1-3H3,(H,20,21). The van der Waals surface area contributed by atoms with Crippen molar-refractivity contribution in [1.29, 1.82) is 0 Å². The van der Waals surface area contributed by atoms with Crippen LogP contribution in [0.2, 0.25) is 0 Å². The Morgan fingerprint density at radius 3 is 2.61 bits per heavy atom. The van der Waals surface area contributed by atoms with Gasteiger partial charge in [-0.15, -0.1) is 0 Å². The van der Waals surface area contributed by atoms with E-state index in [1.807, 2.05) is 26.8 Å². The Balaban J connectivity index is 2.12. The van der Waals surface area contributed by atoms with Crippen LogP contribution in [0.5, 0.6) is 11.5 Å². The van der Waals surface area contributed by atoms with Crippen molar-refractivity contribution in [2.75, 3.05) is 17.7 Å². The number of nitrogens with two attached hydrogens (primary N) is 1. The average Bonchev–Trinajstić information content (AvgIpc) is 2.50. The van der Waals surface area contributed by atoms with Crippen molar-refractivity contribution >= 4 is 17.3 Å². The second-order valence-corrected chi connectivity index (χ2v) is 5.33. The van der Waals surface area contributed by atoms with Crippen LogP contribution in [0.1, 0.15) is 31.1 Å². The lowest BCUT2D eigenvalue weighted by Crippen LogP contribution is -2.14. The van der Waals surface area contributed by atoms with Crippen LogP contribution in [-0.2, 0) is 0 Å². The number of rotatable bonds is 6. The molecule has 0 aliphatic rings. The van der Waals surface area contributed by atoms with E-state index in [0.717, 1.165) is 0 Å². The molecule has 2 rings (SSSR count). The molecule has 2 aromatic rings. The molecule has 0 heterocycles. The van der Waals surface area contributed by atoms with Crippen LogP contribution in [0.25, 0.3) is 0 Å². The minimum Gasteiger partial charge on any atom is -0.494 e. The number of carbonyl (C=O) groups is 1. The molecule has 0 radical (unpaired) electrons. The number of benzene rings is 2. The van der Waals surface area contributed by atoms with E-state index in [4.69, 9.17) is 15.2 Å². The molecule has 23 heavy (non-hydrogen) atoms. The van der Waals surface area contributed by atoms with Gasteiger partial charge < -0.3 is 20.5 Å². The molecule has 5 heteroatoms. The molecule has 122 valence electrons. The van der Waals surface area contributed by atoms with Crippen LogP contribution < -0.4 is 20.5 Å². The van der Waals surface area contributed by atoms with Crippen molar-refractivity contribution in [1.82, 2.24) is 0 Å². The highest BCUT2D eigenvalue weighted by Gasteiger charge is 2.10. The predicted molar refractivity (Wildman–Crippen MR) is 92.2 cm³/mol. The van der Waals surface area contributed by atoms with E-state index in [1.54, 1.807) is 36.4 Å². The molecule has 0 bridgehead atoms. The van der Waals surface area contributed by atoms with Crippen molar-refractivity contribution in [3.63, 3.8) is 0 Å². The predicted octanol–water partition coefficient (Wildman–Crippen LogP) is 3.71. The van der Waals surface area contributed by atoms with Crippen LogP contribution in [0.15, 0.2) is 42.5 Å². The number of amides is 1. The third-order valence-electron chi connectivity index (χ3n) is 3.05. The molecule has 0 unspecified atom stereocenters. The van der Waals surface area contributed by atoms with Gasteiger partial charge in [-0.3, -0.25) is 4.79 Å². The van der Waals surface area contributed by atoms with E-state index in [1.165, 1.54) is 0 Å². The number of carbonyl (C=O) groups excluding carboxylic acids is 1. The molecule has 1 amide bonds. The van der Waals surface area contributed by atoms with Crippen LogP contribution in [0.3, 0.4) is 0 Å². The van der Waals surface area contributed by atoms with Crippen molar-refractivity contribution < 1.29 is 14.3 Å². The van der Waals surface area contributed by atoms with Crippen molar-refractivity contribution in [2.24, 2.45) is 0 Å². The zero-order valence-corrected chi connectivity index (χ0v) is 13.6. The Kier molecular flexibility index (Phi) is 5.46. The van der Waals surface area contributed by atoms with Gasteiger partial charge in [-0.05, 0) is 51.1 Å². The number of ether oxygens (including phenoxy) is 2. The maximum Gasteiger partial charge on any atom is 0.255 e. The number of hydrogen-bond donors (Lipinski definition) is 2. The number of hydrogen-bond acceptors (Lipinski definition) is 4. The first-order valence-electron chi connectivity index (χ1n) is 7.60. The molecule has 0 spiro atoms. The van der Waals surface area contributed by atoms with Crippen LogP contribution in [0.4, 0.5) is 11.4 Å². The second kappa shape index (κ2) is 7.54. The van der Waals surface area contributed by atoms with Gasteiger partial charge in [-0.25, -0.2) is 0 Å². The quantitative estimate of drug-likeness (QED) is 0.797. The van der Waals surface area contributed by atoms with Gasteiger partial charge in [0.1, 0.15) is 11.5 Å². The molecule has 0 aliphatic carbocycles. The average molecular weight is 314 g/mol. The first-order chi connectivity index (χ1) is 11.0. The number of nitrogens with one attached hydrogen (secondary N) is 1. The third-order valence-corrected chi connectivity index (χ3v) is 3.05. The van der Waals surface area contributed by atoms with Gasteiger partial charge in [0.2, 0.25) is 0 Å². The van der Waals surface area contributed by atoms with Crippen molar-refractivity contribution in [2.45, 2.75) is 26.9 Å². The molecular formula is C18H22N2O3. The Hall–Kier alpha value is -2.69. The maximum atomic E-state index is 12.4. The van der Waals surface area contributed by atoms with Gasteiger partial charge in [-0.2, -0.15) is 0 Å². The van der Waals surface area contributed by atoms with Gasteiger partial charge in [-0.1, -0.05) is 6.07 Å². The normalized spacial score (nSPS) is 10.4. The summed E-state index contributed by atoms with van der Waals surface area (Å²) in [6, 6.07) is 12.2. The summed E-state index contributed by atoms with van der Waals surface area (Å²) in [5, 5.41) is 2.80. The van der Waals surface area contributed by atoms with E-state index < -0.39 is 0 Å². The van der Waals surface area contributed by atoms with Crippen molar-refractivity contribution in [3.05, 3.63) is 48.0 Å². The molecule has 0 fully saturated rings. The van der Waals surface area contributed by atoms with Crippen LogP contribution in [0, 0.1) is 0 Å². The summed E-state index contributed by atoms with van der Waals surface area (Å²) in [6.45, 7) is 6.34. The highest BCUT2D eigenvalue weighted by molar-refractivity contribution is 6.06. The van der Waals surface area contributed by atoms with Crippen LogP contribution in [-0.4, -0.2) is 18.6 Å². The van der Waals surface area contributed by atoms with E-state index >= 15 is 0 Å². The largest absolute Gasteiger partial charge is 0.494 e. The summed E-state index contributed by atoms with van der Waals surface area (Å²) in [6.07, 6.45) is 0.0510. The molecule has 0 saturated heterocycles. The molecule has 0 aromatic heterocycles. The monoisotopic (exact) mass is 314 g/mol. The smallest absolute Gasteiger partial charge is 0.255 e. The van der Waals surface area contributed by atoms with Gasteiger partial charge in [0.05, 0.1) is 24.1 Å². The SMILES string of the molecule is CCOc1ccc(NC(=O)c2cccc(OC(C)C)c2)c(N)c1. The number of anilines is 2. The molecule has 0 aliphatic heterocycles. The fourth-order valence-electron chi connectivity index (χ4n) is 2.09. The van der Waals surface area contributed by atoms with Crippen LogP contribution >= 0.6 is 0 Å². The fourth-order valence-corrected chi connectivity index (χ4v) is 2.09. The van der Waals surface area contributed by atoms with E-state index in [9.17, 15) is 4.79 Å². The molecule has 3 N–H and O–H groups in total. The Morgan fingerprint density at radius 2 is 1.96 bits per heavy atom. The van der Waals surface area contributed by atoms with E-state index in [-0.39, 0.29) is 12.0 Å². The maximum absolute atomic E-state index is 12.4. The lowest BCUT2D eigenvalue weighted by molar-refractivity contribution is 0.102. The highest BCUT2D eigenvalue weighted by Crippen LogP contribution is 2.25. The van der Waals surface area contributed by atoms with E-state index in [2.05, 4.69) is 5.32 Å². The second-order valence-electron chi connectivity index (χ2n) is 5.33. The zero-order chi connectivity index (χ0) is 16.8. The summed E-state index contributed by atoms with van der Waals surface area (Å²) >= 11 is 0. The zero-order valence-electron chi connectivity index (χ0n) is 13.6. The minimum atomic E-state index is -0.241. The highest BCUT2D eigenvalue weighted by atomic mass is 16.5. The Bertz CT molecular complexity index is 684. The summed E-state index contributed by atoms with van der Waals surface area (Å²) < 4.78 is 11.0. The first-order valence-corrected chi connectivity index (χ1v) is 7.60. The molecule has 0 atom stereocenters. The first kappa shape index (κ1) is 16.7. The number of nitrogen functional groups attached to an aromatic ring is 1. The summed E-state index contributed by atoms with van der Waals surface area (Å²) in [5.41, 5.74) is 7.47. The molecule has 0 saturated carbocycles. The lowest BCUT2D eigenvalue weighted by Gasteiger charge is -2.12. The summed E-state index contributed by atoms with van der Waals surface area (Å²) in [5.74, 6) is 1.10. The van der Waals surface area contributed by atoms with Gasteiger partial charge in [0.25, 0.3) is 5.91 Å². The van der Waals surface area contributed by atoms with Gasteiger partial charge in [0, 0.05) is 11.6 Å². The van der Waals surface area contributed by atoms with E-state index in [0.29, 0.717) is 35.0 Å². The van der Waals surface area contributed by atoms with Crippen molar-refractivity contribution in [3.8, 4) is 11.5 Å². The molecule has 2 aromatic carbocycles. The lowest BCUT2D eigenvalue weighted by atomic mass is 10.2. The Morgan fingerprint density at radius 1 is 1.17 bits per heavy atom. The third kappa shape index (κ3) is 4.64. The van der Waals surface area contributed by atoms with Gasteiger partial charge >= 0.3 is 0 Å². The summed E-state index contributed by atoms with van der Waals surface area (Å²) in [4.78, 5) is 12.4. The topological polar surface area (TPSA) is 73.6 Å². The Labute approximate surface area is 136 Å². The fraction of sp³-hybridized carbons (Fsp3) is 0.278. The minimum absolute atomic E-state index is 0.0510.